The van der Waals surface area contributed by atoms with Gasteiger partial charge in [-0.15, -0.1) is 0 Å². The molecule has 26 heavy (non-hydrogen) atoms. The standard InChI is InChI=1S/C20H21N5O/c26-20(23-13-6-7-13)16-12-14-17(8-10-22-19(14)24-16)25-11-3-5-18(25)15-4-1-2-9-21-15/h1-2,4,8-10,12-13,18H,3,5-7,11H2,(H,22,24)(H,23,26). The van der Waals surface area contributed by atoms with Crippen LogP contribution in [0.5, 0.6) is 0 Å². The molecular formula is C20H21N5O. The Morgan fingerprint density at radius 1 is 1.15 bits per heavy atom. The maximum absolute atomic E-state index is 12.4. The number of nitrogens with zero attached hydrogens (tertiary/aromatic N) is 3. The van der Waals surface area contributed by atoms with Crippen LogP contribution in [0.2, 0.25) is 0 Å². The van der Waals surface area contributed by atoms with Crippen LogP contribution in [0.25, 0.3) is 11.0 Å². The molecule has 0 spiro atoms. The molecule has 3 aromatic heterocycles. The third kappa shape index (κ3) is 2.71. The lowest BCUT2D eigenvalue weighted by atomic mass is 10.1. The van der Waals surface area contributed by atoms with E-state index in [4.69, 9.17) is 0 Å². The van der Waals surface area contributed by atoms with Gasteiger partial charge in [0.05, 0.1) is 11.7 Å². The minimum atomic E-state index is -0.0425. The van der Waals surface area contributed by atoms with Gasteiger partial charge >= 0.3 is 0 Å². The van der Waals surface area contributed by atoms with Gasteiger partial charge in [-0.05, 0) is 49.9 Å². The predicted molar refractivity (Wildman–Crippen MR) is 100 cm³/mol. The molecule has 0 radical (unpaired) electrons. The second-order valence-corrected chi connectivity index (χ2v) is 7.13. The fourth-order valence-corrected chi connectivity index (χ4v) is 3.81. The molecule has 1 aliphatic carbocycles. The van der Waals surface area contributed by atoms with E-state index >= 15 is 0 Å². The van der Waals surface area contributed by atoms with Crippen molar-refractivity contribution in [2.24, 2.45) is 0 Å². The van der Waals surface area contributed by atoms with E-state index in [-0.39, 0.29) is 11.9 Å². The largest absolute Gasteiger partial charge is 0.362 e. The quantitative estimate of drug-likeness (QED) is 0.760. The molecule has 5 rings (SSSR count). The van der Waals surface area contributed by atoms with E-state index in [2.05, 4.69) is 31.2 Å². The predicted octanol–water partition coefficient (Wildman–Crippen LogP) is 3.19. The first-order chi connectivity index (χ1) is 12.8. The first kappa shape index (κ1) is 15.4. The van der Waals surface area contributed by atoms with Gasteiger partial charge in [0.15, 0.2) is 0 Å². The Labute approximate surface area is 151 Å². The number of anilines is 1. The first-order valence-electron chi connectivity index (χ1n) is 9.26. The zero-order valence-electron chi connectivity index (χ0n) is 14.5. The van der Waals surface area contributed by atoms with Crippen molar-refractivity contribution in [1.82, 2.24) is 20.3 Å². The van der Waals surface area contributed by atoms with Gasteiger partial charge in [0.25, 0.3) is 5.91 Å². The Balaban J connectivity index is 1.51. The van der Waals surface area contributed by atoms with E-state index in [9.17, 15) is 4.79 Å². The number of carbonyl (C=O) groups is 1. The Morgan fingerprint density at radius 3 is 2.88 bits per heavy atom. The Hall–Kier alpha value is -2.89. The van der Waals surface area contributed by atoms with Gasteiger partial charge in [-0.25, -0.2) is 4.98 Å². The van der Waals surface area contributed by atoms with Crippen LogP contribution in [0.4, 0.5) is 5.69 Å². The fourth-order valence-electron chi connectivity index (χ4n) is 3.81. The zero-order chi connectivity index (χ0) is 17.5. The van der Waals surface area contributed by atoms with E-state index in [1.165, 1.54) is 0 Å². The van der Waals surface area contributed by atoms with Crippen molar-refractivity contribution in [3.63, 3.8) is 0 Å². The normalized spacial score (nSPS) is 19.8. The molecular weight excluding hydrogens is 326 g/mol. The topological polar surface area (TPSA) is 73.9 Å². The number of fused-ring (bicyclic) bond motifs is 1. The zero-order valence-corrected chi connectivity index (χ0v) is 14.5. The summed E-state index contributed by atoms with van der Waals surface area (Å²) in [5.41, 5.74) is 3.55. The number of pyridine rings is 2. The Kier molecular flexibility index (Phi) is 3.62. The van der Waals surface area contributed by atoms with Gasteiger partial charge in [-0.1, -0.05) is 6.07 Å². The smallest absolute Gasteiger partial charge is 0.267 e. The van der Waals surface area contributed by atoms with Gasteiger partial charge < -0.3 is 15.2 Å². The molecule has 2 aliphatic rings. The number of aromatic nitrogens is 3. The summed E-state index contributed by atoms with van der Waals surface area (Å²) in [5, 5.41) is 4.03. The summed E-state index contributed by atoms with van der Waals surface area (Å²) >= 11 is 0. The summed E-state index contributed by atoms with van der Waals surface area (Å²) in [6.45, 7) is 0.981. The summed E-state index contributed by atoms with van der Waals surface area (Å²) in [6.07, 6.45) is 8.03. The molecule has 1 unspecified atom stereocenters. The lowest BCUT2D eigenvalue weighted by molar-refractivity contribution is 0.0947. The second kappa shape index (κ2) is 6.12. The Morgan fingerprint density at radius 2 is 2.08 bits per heavy atom. The van der Waals surface area contributed by atoms with Gasteiger partial charge in [0, 0.05) is 36.1 Å². The van der Waals surface area contributed by atoms with Crippen LogP contribution in [-0.4, -0.2) is 33.4 Å². The highest BCUT2D eigenvalue weighted by atomic mass is 16.2. The monoisotopic (exact) mass is 347 g/mol. The molecule has 6 nitrogen and oxygen atoms in total. The number of hydrogen-bond acceptors (Lipinski definition) is 4. The van der Waals surface area contributed by atoms with Crippen LogP contribution in [0.15, 0.2) is 42.7 Å². The number of carbonyl (C=O) groups excluding carboxylic acids is 1. The van der Waals surface area contributed by atoms with Crippen molar-refractivity contribution in [1.29, 1.82) is 0 Å². The minimum Gasteiger partial charge on any atom is -0.362 e. The SMILES string of the molecule is O=C(NC1CC1)c1cc2c(N3CCCC3c3ccccn3)ccnc2[nH]1. The highest BCUT2D eigenvalue weighted by Crippen LogP contribution is 2.38. The molecule has 0 bridgehead atoms. The highest BCUT2D eigenvalue weighted by molar-refractivity contribution is 6.01. The third-order valence-electron chi connectivity index (χ3n) is 5.26. The summed E-state index contributed by atoms with van der Waals surface area (Å²) < 4.78 is 0. The molecule has 2 fully saturated rings. The molecule has 132 valence electrons. The average molecular weight is 347 g/mol. The summed E-state index contributed by atoms with van der Waals surface area (Å²) in [5.74, 6) is -0.0425. The molecule has 2 N–H and O–H groups in total. The lowest BCUT2D eigenvalue weighted by Gasteiger charge is -2.27. The van der Waals surface area contributed by atoms with Crippen LogP contribution in [-0.2, 0) is 0 Å². The number of amides is 1. The van der Waals surface area contributed by atoms with Gasteiger partial charge in [0.1, 0.15) is 11.3 Å². The number of H-pyrrole nitrogens is 1. The first-order valence-corrected chi connectivity index (χ1v) is 9.26. The number of rotatable bonds is 4. The molecule has 0 aromatic carbocycles. The number of aromatic amines is 1. The number of hydrogen-bond donors (Lipinski definition) is 2. The van der Waals surface area contributed by atoms with Crippen LogP contribution in [0.1, 0.15) is 47.9 Å². The van der Waals surface area contributed by atoms with Crippen LogP contribution in [0, 0.1) is 0 Å². The second-order valence-electron chi connectivity index (χ2n) is 7.13. The highest BCUT2D eigenvalue weighted by Gasteiger charge is 2.29. The maximum Gasteiger partial charge on any atom is 0.267 e. The molecule has 1 aliphatic heterocycles. The fraction of sp³-hybridized carbons (Fsp3) is 0.350. The molecule has 3 aromatic rings. The summed E-state index contributed by atoms with van der Waals surface area (Å²) in [4.78, 5) is 27.0. The van der Waals surface area contributed by atoms with Crippen LogP contribution in [0.3, 0.4) is 0 Å². The van der Waals surface area contributed by atoms with Gasteiger partial charge in [0.2, 0.25) is 0 Å². The van der Waals surface area contributed by atoms with Crippen LogP contribution < -0.4 is 10.2 Å². The van der Waals surface area contributed by atoms with Crippen molar-refractivity contribution in [3.05, 3.63) is 54.1 Å². The molecule has 1 atom stereocenters. The Bertz CT molecular complexity index is 947. The van der Waals surface area contributed by atoms with E-state index < -0.39 is 0 Å². The molecule has 1 saturated carbocycles. The molecule has 4 heterocycles. The molecule has 6 heteroatoms. The molecule has 1 saturated heterocycles. The van der Waals surface area contributed by atoms with E-state index in [1.807, 2.05) is 36.7 Å². The minimum absolute atomic E-state index is 0.0425. The van der Waals surface area contributed by atoms with E-state index in [0.29, 0.717) is 11.7 Å². The average Bonchev–Trinajstić information content (AvgIpc) is 3.19. The van der Waals surface area contributed by atoms with Crippen LogP contribution >= 0.6 is 0 Å². The lowest BCUT2D eigenvalue weighted by Crippen LogP contribution is -2.25. The summed E-state index contributed by atoms with van der Waals surface area (Å²) in [6, 6.07) is 10.7. The van der Waals surface area contributed by atoms with Crippen molar-refractivity contribution >= 4 is 22.6 Å². The van der Waals surface area contributed by atoms with Gasteiger partial charge in [-0.2, -0.15) is 0 Å². The van der Waals surface area contributed by atoms with E-state index in [0.717, 1.165) is 54.6 Å². The van der Waals surface area contributed by atoms with Gasteiger partial charge in [-0.3, -0.25) is 9.78 Å². The maximum atomic E-state index is 12.4. The van der Waals surface area contributed by atoms with Crippen molar-refractivity contribution < 1.29 is 4.79 Å². The molecule has 1 amide bonds. The van der Waals surface area contributed by atoms with Crippen molar-refractivity contribution in [2.45, 2.75) is 37.8 Å². The number of nitrogens with one attached hydrogen (secondary N) is 2. The van der Waals surface area contributed by atoms with Crippen molar-refractivity contribution in [2.75, 3.05) is 11.4 Å². The van der Waals surface area contributed by atoms with E-state index in [1.54, 1.807) is 0 Å². The van der Waals surface area contributed by atoms with Crippen molar-refractivity contribution in [3.8, 4) is 0 Å². The summed E-state index contributed by atoms with van der Waals surface area (Å²) in [7, 11) is 0. The third-order valence-corrected chi connectivity index (χ3v) is 5.26.